The summed E-state index contributed by atoms with van der Waals surface area (Å²) >= 11 is 0. The first-order chi connectivity index (χ1) is 10.2. The summed E-state index contributed by atoms with van der Waals surface area (Å²) in [5.74, 6) is 0. The molecule has 1 atom stereocenters. The number of hydrogen-bond donors (Lipinski definition) is 0. The molecule has 0 N–H and O–H groups in total. The van der Waals surface area contributed by atoms with E-state index in [9.17, 15) is 5.26 Å². The Hall–Kier alpha value is -1.89. The molecule has 2 aromatic rings. The molecule has 0 spiro atoms. The first kappa shape index (κ1) is 14.1. The van der Waals surface area contributed by atoms with Gasteiger partial charge in [0, 0.05) is 19.5 Å². The molecule has 1 aliphatic rings. The summed E-state index contributed by atoms with van der Waals surface area (Å²) < 4.78 is 5.41. The zero-order valence-electron chi connectivity index (χ0n) is 12.4. The highest BCUT2D eigenvalue weighted by molar-refractivity contribution is 5.85. The van der Waals surface area contributed by atoms with Crippen LogP contribution < -0.4 is 0 Å². The van der Waals surface area contributed by atoms with Crippen LogP contribution in [-0.2, 0) is 11.2 Å². The van der Waals surface area contributed by atoms with E-state index in [1.54, 1.807) is 0 Å². The first-order valence-corrected chi connectivity index (χ1v) is 7.44. The quantitative estimate of drug-likeness (QED) is 0.867. The van der Waals surface area contributed by atoms with Gasteiger partial charge in [-0.3, -0.25) is 4.90 Å². The van der Waals surface area contributed by atoms with Gasteiger partial charge in [0.05, 0.1) is 19.3 Å². The summed E-state index contributed by atoms with van der Waals surface area (Å²) in [7, 11) is 0. The Kier molecular flexibility index (Phi) is 3.92. The number of ether oxygens (including phenoxy) is 1. The number of fused-ring (bicyclic) bond motifs is 1. The Balaban J connectivity index is 1.94. The molecular weight excluding hydrogens is 260 g/mol. The van der Waals surface area contributed by atoms with Crippen molar-refractivity contribution in [1.82, 2.24) is 4.90 Å². The molecule has 0 saturated carbocycles. The minimum Gasteiger partial charge on any atom is -0.379 e. The zero-order chi connectivity index (χ0) is 14.7. The zero-order valence-corrected chi connectivity index (χ0v) is 12.4. The Bertz CT molecular complexity index is 665. The van der Waals surface area contributed by atoms with Crippen molar-refractivity contribution in [2.45, 2.75) is 18.9 Å². The lowest BCUT2D eigenvalue weighted by Gasteiger charge is -2.38. The minimum atomic E-state index is -0.478. The molecule has 0 aromatic heterocycles. The summed E-state index contributed by atoms with van der Waals surface area (Å²) in [4.78, 5) is 2.25. The second-order valence-electron chi connectivity index (χ2n) is 5.80. The second-order valence-corrected chi connectivity index (χ2v) is 5.80. The minimum absolute atomic E-state index is 0.478. The lowest BCUT2D eigenvalue weighted by atomic mass is 9.89. The molecule has 0 aliphatic carbocycles. The summed E-state index contributed by atoms with van der Waals surface area (Å²) in [6.45, 7) is 5.13. The largest absolute Gasteiger partial charge is 0.379 e. The summed E-state index contributed by atoms with van der Waals surface area (Å²) in [5, 5.41) is 12.2. The molecule has 1 heterocycles. The summed E-state index contributed by atoms with van der Waals surface area (Å²) in [6.07, 6.45) is 0.741. The predicted octanol–water partition coefficient (Wildman–Crippen LogP) is 3.00. The highest BCUT2D eigenvalue weighted by Crippen LogP contribution is 2.26. The topological polar surface area (TPSA) is 36.3 Å². The van der Waals surface area contributed by atoms with Gasteiger partial charge in [-0.05, 0) is 23.3 Å². The van der Waals surface area contributed by atoms with E-state index in [-0.39, 0.29) is 0 Å². The van der Waals surface area contributed by atoms with Crippen LogP contribution in [0.5, 0.6) is 0 Å². The smallest absolute Gasteiger partial charge is 0.110 e. The maximum absolute atomic E-state index is 9.74. The van der Waals surface area contributed by atoms with Crippen molar-refractivity contribution in [3.63, 3.8) is 0 Å². The lowest BCUT2D eigenvalue weighted by Crippen LogP contribution is -2.52. The van der Waals surface area contributed by atoms with Crippen molar-refractivity contribution in [3.05, 3.63) is 48.0 Å². The van der Waals surface area contributed by atoms with E-state index < -0.39 is 5.54 Å². The number of nitrogens with zero attached hydrogens (tertiary/aromatic N) is 2. The van der Waals surface area contributed by atoms with Crippen LogP contribution >= 0.6 is 0 Å². The number of nitriles is 1. The molecule has 1 fully saturated rings. The van der Waals surface area contributed by atoms with Crippen molar-refractivity contribution in [1.29, 1.82) is 5.26 Å². The number of benzene rings is 2. The van der Waals surface area contributed by atoms with Gasteiger partial charge in [0.15, 0.2) is 0 Å². The Morgan fingerprint density at radius 3 is 2.62 bits per heavy atom. The third kappa shape index (κ3) is 2.78. The second kappa shape index (κ2) is 5.85. The van der Waals surface area contributed by atoms with Crippen LogP contribution in [0.4, 0.5) is 0 Å². The Morgan fingerprint density at radius 2 is 1.86 bits per heavy atom. The number of morpholine rings is 1. The van der Waals surface area contributed by atoms with Crippen molar-refractivity contribution in [2.75, 3.05) is 26.3 Å². The van der Waals surface area contributed by atoms with Gasteiger partial charge in [0.1, 0.15) is 5.54 Å². The van der Waals surface area contributed by atoms with Gasteiger partial charge >= 0.3 is 0 Å². The maximum Gasteiger partial charge on any atom is 0.110 e. The van der Waals surface area contributed by atoms with Crippen LogP contribution in [0.15, 0.2) is 42.5 Å². The van der Waals surface area contributed by atoms with E-state index >= 15 is 0 Å². The van der Waals surface area contributed by atoms with Crippen LogP contribution in [0.1, 0.15) is 12.5 Å². The van der Waals surface area contributed by atoms with Crippen molar-refractivity contribution in [2.24, 2.45) is 0 Å². The third-order valence-corrected chi connectivity index (χ3v) is 4.36. The van der Waals surface area contributed by atoms with E-state index in [1.165, 1.54) is 16.3 Å². The third-order valence-electron chi connectivity index (χ3n) is 4.36. The highest BCUT2D eigenvalue weighted by Gasteiger charge is 2.33. The van der Waals surface area contributed by atoms with Crippen LogP contribution in [0, 0.1) is 11.3 Å². The van der Waals surface area contributed by atoms with Gasteiger partial charge in [-0.15, -0.1) is 0 Å². The monoisotopic (exact) mass is 280 g/mol. The molecule has 2 aromatic carbocycles. The molecule has 0 amide bonds. The molecule has 1 aliphatic heterocycles. The van der Waals surface area contributed by atoms with E-state index in [1.807, 2.05) is 6.92 Å². The standard InChI is InChI=1S/C18H20N2O/c1-18(14-19,20-9-11-21-12-10-20)13-16-7-4-6-15-5-2-3-8-17(15)16/h2-8H,9-13H2,1H3. The molecule has 3 nitrogen and oxygen atoms in total. The van der Waals surface area contributed by atoms with Crippen molar-refractivity contribution < 1.29 is 4.74 Å². The molecule has 3 heteroatoms. The van der Waals surface area contributed by atoms with E-state index in [0.717, 1.165) is 19.5 Å². The van der Waals surface area contributed by atoms with Gasteiger partial charge in [-0.25, -0.2) is 0 Å². The van der Waals surface area contributed by atoms with Gasteiger partial charge in [-0.2, -0.15) is 5.26 Å². The Morgan fingerprint density at radius 1 is 1.14 bits per heavy atom. The molecule has 0 radical (unpaired) electrons. The fraction of sp³-hybridized carbons (Fsp3) is 0.389. The molecule has 1 saturated heterocycles. The molecule has 1 unspecified atom stereocenters. The summed E-state index contributed by atoms with van der Waals surface area (Å²) in [5.41, 5.74) is 0.761. The maximum atomic E-state index is 9.74. The number of rotatable bonds is 3. The van der Waals surface area contributed by atoms with Crippen LogP contribution in [0.2, 0.25) is 0 Å². The highest BCUT2D eigenvalue weighted by atomic mass is 16.5. The lowest BCUT2D eigenvalue weighted by molar-refractivity contribution is 0.00197. The normalized spacial score (nSPS) is 19.0. The van der Waals surface area contributed by atoms with Crippen LogP contribution in [0.3, 0.4) is 0 Å². The predicted molar refractivity (Wildman–Crippen MR) is 84.1 cm³/mol. The van der Waals surface area contributed by atoms with E-state index in [0.29, 0.717) is 13.2 Å². The van der Waals surface area contributed by atoms with Crippen molar-refractivity contribution in [3.8, 4) is 6.07 Å². The molecule has 108 valence electrons. The van der Waals surface area contributed by atoms with Crippen LogP contribution in [0.25, 0.3) is 10.8 Å². The fourth-order valence-electron chi connectivity index (χ4n) is 3.10. The average molecular weight is 280 g/mol. The van der Waals surface area contributed by atoms with Crippen molar-refractivity contribution >= 4 is 10.8 Å². The average Bonchev–Trinajstić information content (AvgIpc) is 2.56. The molecular formula is C18H20N2O. The van der Waals surface area contributed by atoms with Crippen LogP contribution in [-0.4, -0.2) is 36.7 Å². The van der Waals surface area contributed by atoms with Gasteiger partial charge in [-0.1, -0.05) is 42.5 Å². The van der Waals surface area contributed by atoms with Gasteiger partial charge in [0.25, 0.3) is 0 Å². The SMILES string of the molecule is CC(C#N)(Cc1cccc2ccccc12)N1CCOCC1. The number of hydrogen-bond acceptors (Lipinski definition) is 3. The first-order valence-electron chi connectivity index (χ1n) is 7.44. The van der Waals surface area contributed by atoms with Gasteiger partial charge < -0.3 is 4.74 Å². The van der Waals surface area contributed by atoms with E-state index in [2.05, 4.69) is 53.4 Å². The fourth-order valence-corrected chi connectivity index (χ4v) is 3.10. The summed E-state index contributed by atoms with van der Waals surface area (Å²) in [6, 6.07) is 17.2. The Labute approximate surface area is 125 Å². The molecule has 3 rings (SSSR count). The molecule has 0 bridgehead atoms. The van der Waals surface area contributed by atoms with E-state index in [4.69, 9.17) is 4.74 Å². The molecule has 21 heavy (non-hydrogen) atoms. The van der Waals surface area contributed by atoms with Gasteiger partial charge in [0.2, 0.25) is 0 Å².